The van der Waals surface area contributed by atoms with E-state index in [1.54, 1.807) is 36.4 Å². The summed E-state index contributed by atoms with van der Waals surface area (Å²) in [6.07, 6.45) is 0. The van der Waals surface area contributed by atoms with Gasteiger partial charge >= 0.3 is 5.97 Å². The average Bonchev–Trinajstić information content (AvgIpc) is 3.05. The van der Waals surface area contributed by atoms with Gasteiger partial charge in [0.2, 0.25) is 5.82 Å². The van der Waals surface area contributed by atoms with Gasteiger partial charge in [-0.1, -0.05) is 17.3 Å². The molecule has 2 aromatic carbocycles. The summed E-state index contributed by atoms with van der Waals surface area (Å²) in [6, 6.07) is 15.0. The molecular weight excluding hydrogens is 282 g/mol. The number of hydrogen-bond donors (Lipinski definition) is 1. The minimum absolute atomic E-state index is 0.194. The zero-order valence-electron chi connectivity index (χ0n) is 11.2. The van der Waals surface area contributed by atoms with E-state index in [1.807, 2.05) is 6.07 Å². The van der Waals surface area contributed by atoms with Crippen LogP contribution in [0.1, 0.15) is 15.9 Å². The summed E-state index contributed by atoms with van der Waals surface area (Å²) in [5.41, 5.74) is 2.11. The van der Waals surface area contributed by atoms with Gasteiger partial charge in [0.15, 0.2) is 0 Å². The monoisotopic (exact) mass is 291 g/mol. The van der Waals surface area contributed by atoms with E-state index in [0.29, 0.717) is 28.4 Å². The highest BCUT2D eigenvalue weighted by molar-refractivity contribution is 5.88. The number of benzene rings is 2. The molecule has 3 aromatic rings. The Morgan fingerprint density at radius 3 is 2.27 bits per heavy atom. The van der Waals surface area contributed by atoms with Crippen molar-refractivity contribution in [3.63, 3.8) is 0 Å². The quantitative estimate of drug-likeness (QED) is 0.796. The minimum Gasteiger partial charge on any atom is -0.478 e. The number of nitriles is 1. The van der Waals surface area contributed by atoms with Crippen molar-refractivity contribution in [2.75, 3.05) is 0 Å². The third-order valence-corrected chi connectivity index (χ3v) is 3.08. The molecule has 0 saturated carbocycles. The van der Waals surface area contributed by atoms with Crippen LogP contribution in [0.15, 0.2) is 53.1 Å². The van der Waals surface area contributed by atoms with Crippen LogP contribution in [0.3, 0.4) is 0 Å². The SMILES string of the molecule is N#Cc1ccc(-c2nc(-c3ccc(C(=O)O)cc3)no2)cc1. The van der Waals surface area contributed by atoms with Crippen molar-refractivity contribution in [1.82, 2.24) is 10.1 Å². The Kier molecular flexibility index (Phi) is 3.38. The molecule has 0 aliphatic rings. The van der Waals surface area contributed by atoms with Gasteiger partial charge in [0.05, 0.1) is 17.2 Å². The van der Waals surface area contributed by atoms with Crippen molar-refractivity contribution in [1.29, 1.82) is 5.26 Å². The summed E-state index contributed by atoms with van der Waals surface area (Å²) in [5, 5.41) is 21.5. The van der Waals surface area contributed by atoms with E-state index in [0.717, 1.165) is 0 Å². The molecular formula is C16H9N3O3. The zero-order chi connectivity index (χ0) is 15.5. The number of hydrogen-bond acceptors (Lipinski definition) is 5. The van der Waals surface area contributed by atoms with E-state index in [-0.39, 0.29) is 5.56 Å². The number of carboxylic acids is 1. The molecule has 106 valence electrons. The lowest BCUT2D eigenvalue weighted by Crippen LogP contribution is -1.95. The Hall–Kier alpha value is -3.46. The van der Waals surface area contributed by atoms with Gasteiger partial charge in [-0.15, -0.1) is 0 Å². The minimum atomic E-state index is -0.988. The van der Waals surface area contributed by atoms with Gasteiger partial charge in [-0.3, -0.25) is 0 Å². The fraction of sp³-hybridized carbons (Fsp3) is 0. The van der Waals surface area contributed by atoms with Crippen molar-refractivity contribution in [3.8, 4) is 28.9 Å². The van der Waals surface area contributed by atoms with Gasteiger partial charge in [0.1, 0.15) is 0 Å². The van der Waals surface area contributed by atoms with Crippen molar-refractivity contribution < 1.29 is 14.4 Å². The third kappa shape index (κ3) is 2.55. The maximum absolute atomic E-state index is 10.8. The predicted octanol–water partition coefficient (Wildman–Crippen LogP) is 2.97. The third-order valence-electron chi connectivity index (χ3n) is 3.08. The number of carboxylic acid groups (broad SMARTS) is 1. The van der Waals surface area contributed by atoms with Crippen molar-refractivity contribution in [2.24, 2.45) is 0 Å². The first kappa shape index (κ1) is 13.5. The van der Waals surface area contributed by atoms with Gasteiger partial charge in [-0.2, -0.15) is 10.2 Å². The van der Waals surface area contributed by atoms with Crippen LogP contribution in [-0.4, -0.2) is 21.2 Å². The van der Waals surface area contributed by atoms with Crippen LogP contribution in [-0.2, 0) is 0 Å². The number of rotatable bonds is 3. The normalized spacial score (nSPS) is 10.1. The predicted molar refractivity (Wildman–Crippen MR) is 76.8 cm³/mol. The molecule has 22 heavy (non-hydrogen) atoms. The van der Waals surface area contributed by atoms with Crippen LogP contribution < -0.4 is 0 Å². The van der Waals surface area contributed by atoms with Gasteiger partial charge in [-0.05, 0) is 36.4 Å². The van der Waals surface area contributed by atoms with Crippen LogP contribution in [0, 0.1) is 11.3 Å². The summed E-state index contributed by atoms with van der Waals surface area (Å²) in [4.78, 5) is 15.1. The molecule has 0 fully saturated rings. The second-order valence-electron chi connectivity index (χ2n) is 4.49. The van der Waals surface area contributed by atoms with E-state index < -0.39 is 5.97 Å². The molecule has 0 aliphatic carbocycles. The smallest absolute Gasteiger partial charge is 0.335 e. The van der Waals surface area contributed by atoms with Crippen LogP contribution in [0.5, 0.6) is 0 Å². The van der Waals surface area contributed by atoms with Crippen LogP contribution >= 0.6 is 0 Å². The molecule has 6 nitrogen and oxygen atoms in total. The Morgan fingerprint density at radius 1 is 1.05 bits per heavy atom. The molecule has 1 N–H and O–H groups in total. The second kappa shape index (κ2) is 5.50. The Bertz CT molecular complexity index is 859. The van der Waals surface area contributed by atoms with Gasteiger partial charge < -0.3 is 9.63 Å². The molecule has 1 aromatic heterocycles. The maximum Gasteiger partial charge on any atom is 0.335 e. The first-order chi connectivity index (χ1) is 10.7. The lowest BCUT2D eigenvalue weighted by Gasteiger charge is -1.96. The Balaban J connectivity index is 1.89. The van der Waals surface area contributed by atoms with Gasteiger partial charge in [-0.25, -0.2) is 4.79 Å². The second-order valence-corrected chi connectivity index (χ2v) is 4.49. The number of nitrogens with zero attached hydrogens (tertiary/aromatic N) is 3. The molecule has 0 aliphatic heterocycles. The Morgan fingerprint density at radius 2 is 1.68 bits per heavy atom. The summed E-state index contributed by atoms with van der Waals surface area (Å²) < 4.78 is 5.20. The highest BCUT2D eigenvalue weighted by Crippen LogP contribution is 2.22. The van der Waals surface area contributed by atoms with Crippen molar-refractivity contribution in [2.45, 2.75) is 0 Å². The van der Waals surface area contributed by atoms with Crippen molar-refractivity contribution in [3.05, 3.63) is 59.7 Å². The van der Waals surface area contributed by atoms with Gasteiger partial charge in [0.25, 0.3) is 5.89 Å². The zero-order valence-corrected chi connectivity index (χ0v) is 11.2. The van der Waals surface area contributed by atoms with Crippen LogP contribution in [0.2, 0.25) is 0 Å². The van der Waals surface area contributed by atoms with E-state index in [2.05, 4.69) is 10.1 Å². The molecule has 1 heterocycles. The molecule has 0 spiro atoms. The molecule has 3 rings (SSSR count). The number of aromatic carboxylic acids is 1. The molecule has 0 atom stereocenters. The summed E-state index contributed by atoms with van der Waals surface area (Å²) >= 11 is 0. The molecule has 0 amide bonds. The van der Waals surface area contributed by atoms with Crippen LogP contribution in [0.4, 0.5) is 0 Å². The molecule has 0 unspecified atom stereocenters. The first-order valence-electron chi connectivity index (χ1n) is 6.35. The average molecular weight is 291 g/mol. The summed E-state index contributed by atoms with van der Waals surface area (Å²) in [6.45, 7) is 0. The lowest BCUT2D eigenvalue weighted by molar-refractivity contribution is 0.0697. The molecule has 0 radical (unpaired) electrons. The van der Waals surface area contributed by atoms with E-state index in [9.17, 15) is 4.79 Å². The summed E-state index contributed by atoms with van der Waals surface area (Å²) in [7, 11) is 0. The van der Waals surface area contributed by atoms with Crippen LogP contribution in [0.25, 0.3) is 22.8 Å². The van der Waals surface area contributed by atoms with Gasteiger partial charge in [0, 0.05) is 11.1 Å². The fourth-order valence-corrected chi connectivity index (χ4v) is 1.91. The first-order valence-corrected chi connectivity index (χ1v) is 6.35. The molecule has 0 bridgehead atoms. The fourth-order valence-electron chi connectivity index (χ4n) is 1.91. The largest absolute Gasteiger partial charge is 0.478 e. The standard InChI is InChI=1S/C16H9N3O3/c17-9-10-1-3-12(4-2-10)15-18-14(19-22-15)11-5-7-13(8-6-11)16(20)21/h1-8H,(H,20,21). The Labute approximate surface area is 125 Å². The highest BCUT2D eigenvalue weighted by atomic mass is 16.5. The van der Waals surface area contributed by atoms with Crippen molar-refractivity contribution >= 4 is 5.97 Å². The highest BCUT2D eigenvalue weighted by Gasteiger charge is 2.11. The number of aromatic nitrogens is 2. The van der Waals surface area contributed by atoms with E-state index in [4.69, 9.17) is 14.9 Å². The number of carbonyl (C=O) groups is 1. The van der Waals surface area contributed by atoms with E-state index in [1.165, 1.54) is 12.1 Å². The molecule has 6 heteroatoms. The van der Waals surface area contributed by atoms with E-state index >= 15 is 0 Å². The summed E-state index contributed by atoms with van der Waals surface area (Å²) in [5.74, 6) is -0.281. The molecule has 0 saturated heterocycles. The topological polar surface area (TPSA) is 100 Å². The lowest BCUT2D eigenvalue weighted by atomic mass is 10.1. The maximum atomic E-state index is 10.8.